The predicted octanol–water partition coefficient (Wildman–Crippen LogP) is 3.57. The van der Waals surface area contributed by atoms with Crippen LogP contribution in [0.15, 0.2) is 18.2 Å². The van der Waals surface area contributed by atoms with Crippen molar-refractivity contribution < 1.29 is 0 Å². The molecule has 0 amide bonds. The molecule has 19 heavy (non-hydrogen) atoms. The van der Waals surface area contributed by atoms with Crippen molar-refractivity contribution in [2.75, 3.05) is 13.1 Å². The summed E-state index contributed by atoms with van der Waals surface area (Å²) in [5, 5.41) is 4.97. The molecule has 4 heteroatoms. The summed E-state index contributed by atoms with van der Waals surface area (Å²) in [7, 11) is 0. The van der Waals surface area contributed by atoms with Crippen molar-refractivity contribution in [1.82, 2.24) is 10.2 Å². The Morgan fingerprint density at radius 1 is 1.32 bits per heavy atom. The standard InChI is InChI=1S/C15H20Cl2N2/c1-10-8-19(14(7-18-10)11-5-6-11)9-12-3-2-4-13(16)15(12)17/h2-4,10-11,14,18H,5-9H2,1H3. The minimum absolute atomic E-state index is 0.549. The molecule has 1 aromatic rings. The van der Waals surface area contributed by atoms with Crippen LogP contribution < -0.4 is 5.32 Å². The van der Waals surface area contributed by atoms with E-state index in [4.69, 9.17) is 23.2 Å². The second kappa shape index (κ2) is 5.61. The van der Waals surface area contributed by atoms with Gasteiger partial charge in [-0.1, -0.05) is 35.3 Å². The van der Waals surface area contributed by atoms with Gasteiger partial charge in [-0.15, -0.1) is 0 Å². The first-order chi connectivity index (χ1) is 9.15. The average Bonchev–Trinajstić information content (AvgIpc) is 3.19. The monoisotopic (exact) mass is 298 g/mol. The number of piperazine rings is 1. The van der Waals surface area contributed by atoms with Crippen LogP contribution in [0.25, 0.3) is 0 Å². The first-order valence-corrected chi connectivity index (χ1v) is 7.81. The van der Waals surface area contributed by atoms with Crippen LogP contribution in [0.2, 0.25) is 10.0 Å². The molecule has 1 heterocycles. The number of nitrogens with zero attached hydrogens (tertiary/aromatic N) is 1. The highest BCUT2D eigenvalue weighted by atomic mass is 35.5. The van der Waals surface area contributed by atoms with Crippen LogP contribution in [0.3, 0.4) is 0 Å². The normalized spacial score (nSPS) is 28.6. The van der Waals surface area contributed by atoms with E-state index in [1.54, 1.807) is 0 Å². The van der Waals surface area contributed by atoms with Crippen molar-refractivity contribution in [3.05, 3.63) is 33.8 Å². The maximum Gasteiger partial charge on any atom is 0.0637 e. The van der Waals surface area contributed by atoms with Gasteiger partial charge in [-0.05, 0) is 37.3 Å². The molecule has 0 radical (unpaired) electrons. The van der Waals surface area contributed by atoms with Crippen molar-refractivity contribution in [2.45, 2.75) is 38.4 Å². The van der Waals surface area contributed by atoms with Gasteiger partial charge in [0.25, 0.3) is 0 Å². The van der Waals surface area contributed by atoms with Crippen LogP contribution in [0.4, 0.5) is 0 Å². The zero-order valence-corrected chi connectivity index (χ0v) is 12.7. The number of rotatable bonds is 3. The Bertz CT molecular complexity index is 459. The van der Waals surface area contributed by atoms with Crippen molar-refractivity contribution >= 4 is 23.2 Å². The van der Waals surface area contributed by atoms with E-state index in [-0.39, 0.29) is 0 Å². The Hall–Kier alpha value is -0.280. The zero-order chi connectivity index (χ0) is 13.4. The molecule has 1 saturated heterocycles. The Morgan fingerprint density at radius 2 is 2.11 bits per heavy atom. The fourth-order valence-corrected chi connectivity index (χ4v) is 3.40. The van der Waals surface area contributed by atoms with Crippen LogP contribution in [0, 0.1) is 5.92 Å². The molecule has 1 saturated carbocycles. The van der Waals surface area contributed by atoms with Crippen molar-refractivity contribution in [3.8, 4) is 0 Å². The first-order valence-electron chi connectivity index (χ1n) is 7.05. The molecular weight excluding hydrogens is 279 g/mol. The third-order valence-electron chi connectivity index (χ3n) is 4.22. The molecule has 0 spiro atoms. The van der Waals surface area contributed by atoms with Crippen molar-refractivity contribution in [3.63, 3.8) is 0 Å². The molecule has 1 aliphatic heterocycles. The highest BCUT2D eigenvalue weighted by molar-refractivity contribution is 6.42. The van der Waals surface area contributed by atoms with E-state index in [1.807, 2.05) is 12.1 Å². The highest BCUT2D eigenvalue weighted by Gasteiger charge is 2.37. The quantitative estimate of drug-likeness (QED) is 0.918. The molecule has 1 aromatic carbocycles. The molecule has 2 aliphatic rings. The van der Waals surface area contributed by atoms with Gasteiger partial charge in [0, 0.05) is 31.7 Å². The van der Waals surface area contributed by atoms with E-state index in [2.05, 4.69) is 23.2 Å². The van der Waals surface area contributed by atoms with Crippen molar-refractivity contribution in [1.29, 1.82) is 0 Å². The summed E-state index contributed by atoms with van der Waals surface area (Å²) in [6.07, 6.45) is 2.75. The van der Waals surface area contributed by atoms with Crippen LogP contribution >= 0.6 is 23.2 Å². The largest absolute Gasteiger partial charge is 0.311 e. The lowest BCUT2D eigenvalue weighted by atomic mass is 10.0. The van der Waals surface area contributed by atoms with E-state index in [1.165, 1.54) is 12.8 Å². The Balaban J connectivity index is 1.77. The summed E-state index contributed by atoms with van der Waals surface area (Å²) in [6.45, 7) is 5.34. The van der Waals surface area contributed by atoms with E-state index in [9.17, 15) is 0 Å². The summed E-state index contributed by atoms with van der Waals surface area (Å²) in [5.41, 5.74) is 1.15. The van der Waals surface area contributed by atoms with E-state index in [0.29, 0.717) is 22.1 Å². The SMILES string of the molecule is CC1CN(Cc2cccc(Cl)c2Cl)C(C2CC2)CN1. The number of nitrogens with one attached hydrogen (secondary N) is 1. The molecule has 2 nitrogen and oxygen atoms in total. The fourth-order valence-electron chi connectivity index (χ4n) is 3.02. The molecule has 3 rings (SSSR count). The molecule has 2 unspecified atom stereocenters. The summed E-state index contributed by atoms with van der Waals surface area (Å²) >= 11 is 12.4. The lowest BCUT2D eigenvalue weighted by molar-refractivity contribution is 0.112. The average molecular weight is 299 g/mol. The van der Waals surface area contributed by atoms with Gasteiger partial charge in [-0.25, -0.2) is 0 Å². The summed E-state index contributed by atoms with van der Waals surface area (Å²) in [6, 6.07) is 7.14. The van der Waals surface area contributed by atoms with Gasteiger partial charge < -0.3 is 5.32 Å². The van der Waals surface area contributed by atoms with Gasteiger partial charge in [-0.2, -0.15) is 0 Å². The van der Waals surface area contributed by atoms with Crippen LogP contribution in [-0.4, -0.2) is 30.1 Å². The minimum atomic E-state index is 0.549. The van der Waals surface area contributed by atoms with E-state index < -0.39 is 0 Å². The van der Waals surface area contributed by atoms with Gasteiger partial charge in [0.15, 0.2) is 0 Å². The fraction of sp³-hybridized carbons (Fsp3) is 0.600. The minimum Gasteiger partial charge on any atom is -0.311 e. The van der Waals surface area contributed by atoms with Crippen molar-refractivity contribution in [2.24, 2.45) is 5.92 Å². The Labute approximate surface area is 125 Å². The molecule has 2 atom stereocenters. The first kappa shape index (κ1) is 13.7. The third kappa shape index (κ3) is 3.08. The number of hydrogen-bond acceptors (Lipinski definition) is 2. The molecule has 1 aliphatic carbocycles. The molecule has 1 N–H and O–H groups in total. The van der Waals surface area contributed by atoms with Crippen LogP contribution in [0.1, 0.15) is 25.3 Å². The topological polar surface area (TPSA) is 15.3 Å². The second-order valence-corrected chi connectivity index (χ2v) is 6.64. The molecule has 2 fully saturated rings. The third-order valence-corrected chi connectivity index (χ3v) is 5.08. The van der Waals surface area contributed by atoms with Gasteiger partial charge in [-0.3, -0.25) is 4.90 Å². The lowest BCUT2D eigenvalue weighted by Gasteiger charge is -2.40. The summed E-state index contributed by atoms with van der Waals surface area (Å²) in [5.74, 6) is 0.873. The maximum atomic E-state index is 6.32. The molecule has 104 valence electrons. The molecule has 0 aromatic heterocycles. The van der Waals surface area contributed by atoms with Crippen LogP contribution in [0.5, 0.6) is 0 Å². The number of halogens is 2. The van der Waals surface area contributed by atoms with Crippen LogP contribution in [-0.2, 0) is 6.54 Å². The smallest absolute Gasteiger partial charge is 0.0637 e. The lowest BCUT2D eigenvalue weighted by Crippen LogP contribution is -2.55. The Kier molecular flexibility index (Phi) is 4.04. The van der Waals surface area contributed by atoms with Gasteiger partial charge in [0.1, 0.15) is 0 Å². The Morgan fingerprint density at radius 3 is 2.84 bits per heavy atom. The molecule has 0 bridgehead atoms. The van der Waals surface area contributed by atoms with E-state index >= 15 is 0 Å². The molecular formula is C15H20Cl2N2. The summed E-state index contributed by atoms with van der Waals surface area (Å²) < 4.78 is 0. The highest BCUT2D eigenvalue weighted by Crippen LogP contribution is 2.37. The predicted molar refractivity (Wildman–Crippen MR) is 80.8 cm³/mol. The van der Waals surface area contributed by atoms with Gasteiger partial charge >= 0.3 is 0 Å². The van der Waals surface area contributed by atoms with E-state index in [0.717, 1.165) is 31.1 Å². The zero-order valence-electron chi connectivity index (χ0n) is 11.2. The van der Waals surface area contributed by atoms with Gasteiger partial charge in [0.05, 0.1) is 10.0 Å². The summed E-state index contributed by atoms with van der Waals surface area (Å²) in [4.78, 5) is 2.58. The maximum absolute atomic E-state index is 6.32. The second-order valence-electron chi connectivity index (χ2n) is 5.86. The number of benzene rings is 1. The number of hydrogen-bond donors (Lipinski definition) is 1. The van der Waals surface area contributed by atoms with Gasteiger partial charge in [0.2, 0.25) is 0 Å².